The van der Waals surface area contributed by atoms with E-state index in [1.807, 2.05) is 0 Å². The van der Waals surface area contributed by atoms with E-state index >= 15 is 0 Å². The zero-order valence-electron chi connectivity index (χ0n) is 4.15. The SMILES string of the molecule is B.CCP(C)C. The van der Waals surface area contributed by atoms with Gasteiger partial charge in [-0.25, -0.2) is 0 Å². The van der Waals surface area contributed by atoms with Gasteiger partial charge in [0.2, 0.25) is 0 Å². The first kappa shape index (κ1) is 9.71. The van der Waals surface area contributed by atoms with Crippen LogP contribution in [0.4, 0.5) is 0 Å². The Labute approximate surface area is 43.7 Å². The quantitative estimate of drug-likeness (QED) is 0.337. The Bertz CT molecular complexity index is 21.5. The minimum absolute atomic E-state index is 0. The fourth-order valence-corrected chi connectivity index (χ4v) is 0. The molecule has 0 saturated carbocycles. The van der Waals surface area contributed by atoms with Crippen molar-refractivity contribution in [2.45, 2.75) is 6.92 Å². The van der Waals surface area contributed by atoms with Crippen molar-refractivity contribution in [3.05, 3.63) is 0 Å². The monoisotopic (exact) mass is 104 g/mol. The van der Waals surface area contributed by atoms with Crippen LogP contribution in [0, 0.1) is 0 Å². The minimum Gasteiger partial charge on any atom is -0.113 e. The van der Waals surface area contributed by atoms with Crippen LogP contribution < -0.4 is 0 Å². The van der Waals surface area contributed by atoms with E-state index in [0.29, 0.717) is 7.92 Å². The molecule has 0 radical (unpaired) electrons. The van der Waals surface area contributed by atoms with Crippen molar-refractivity contribution in [3.63, 3.8) is 0 Å². The van der Waals surface area contributed by atoms with Gasteiger partial charge in [-0.3, -0.25) is 0 Å². The third-order valence-corrected chi connectivity index (χ3v) is 1.90. The van der Waals surface area contributed by atoms with Crippen LogP contribution in [0.5, 0.6) is 0 Å². The highest BCUT2D eigenvalue weighted by Crippen LogP contribution is 2.21. The van der Waals surface area contributed by atoms with Crippen LogP contribution >= 0.6 is 7.92 Å². The summed E-state index contributed by atoms with van der Waals surface area (Å²) in [7, 11) is 0.402. The minimum atomic E-state index is 0. The van der Waals surface area contributed by atoms with Crippen LogP contribution in [0.25, 0.3) is 0 Å². The van der Waals surface area contributed by atoms with Crippen molar-refractivity contribution >= 4 is 16.3 Å². The average Bonchev–Trinajstić information content (AvgIpc) is 1.38. The van der Waals surface area contributed by atoms with Crippen LogP contribution in [-0.2, 0) is 0 Å². The highest BCUT2D eigenvalue weighted by molar-refractivity contribution is 7.55. The van der Waals surface area contributed by atoms with Crippen LogP contribution in [-0.4, -0.2) is 27.9 Å². The fraction of sp³-hybridized carbons (Fsp3) is 1.00. The zero-order chi connectivity index (χ0) is 4.28. The van der Waals surface area contributed by atoms with E-state index in [1.165, 1.54) is 6.16 Å². The largest absolute Gasteiger partial charge is 0.113 e. The maximum absolute atomic E-state index is 2.29. The first-order valence-electron chi connectivity index (χ1n) is 1.92. The third kappa shape index (κ3) is 8.82. The fourth-order valence-electron chi connectivity index (χ4n) is 0. The normalized spacial score (nSPS) is 8.00. The van der Waals surface area contributed by atoms with Gasteiger partial charge in [-0.15, -0.1) is 7.92 Å². The first-order valence-corrected chi connectivity index (χ1v) is 4.34. The average molecular weight is 104 g/mol. The van der Waals surface area contributed by atoms with Gasteiger partial charge >= 0.3 is 0 Å². The van der Waals surface area contributed by atoms with Gasteiger partial charge in [0.15, 0.2) is 0 Å². The Morgan fingerprint density at radius 1 is 1.33 bits per heavy atom. The summed E-state index contributed by atoms with van der Waals surface area (Å²) in [4.78, 5) is 0. The first-order chi connectivity index (χ1) is 2.27. The van der Waals surface area contributed by atoms with E-state index in [1.54, 1.807) is 0 Å². The molecule has 0 atom stereocenters. The summed E-state index contributed by atoms with van der Waals surface area (Å²) in [6.45, 7) is 6.80. The molecule has 0 amide bonds. The topological polar surface area (TPSA) is 0 Å². The molecule has 0 nitrogen and oxygen atoms in total. The molecule has 38 valence electrons. The van der Waals surface area contributed by atoms with Gasteiger partial charge in [-0.1, -0.05) is 6.92 Å². The predicted octanol–water partition coefficient (Wildman–Crippen LogP) is 0.564. The molecule has 0 aromatic heterocycles. The molecule has 0 aliphatic carbocycles. The highest BCUT2D eigenvalue weighted by atomic mass is 31.1. The third-order valence-electron chi connectivity index (χ3n) is 0.632. The van der Waals surface area contributed by atoms with Crippen molar-refractivity contribution in [2.75, 3.05) is 19.5 Å². The summed E-state index contributed by atoms with van der Waals surface area (Å²) in [5.74, 6) is 0. The second-order valence-electron chi connectivity index (χ2n) is 1.40. The molecule has 6 heavy (non-hydrogen) atoms. The lowest BCUT2D eigenvalue weighted by Crippen LogP contribution is -1.65. The van der Waals surface area contributed by atoms with Crippen LogP contribution in [0.1, 0.15) is 6.92 Å². The highest BCUT2D eigenvalue weighted by Gasteiger charge is 1.78. The van der Waals surface area contributed by atoms with Gasteiger partial charge in [-0.05, 0) is 19.5 Å². The summed E-state index contributed by atoms with van der Waals surface area (Å²) < 4.78 is 0. The smallest absolute Gasteiger partial charge is 0.0814 e. The Hall–Kier alpha value is 0.495. The van der Waals surface area contributed by atoms with Crippen molar-refractivity contribution in [1.82, 2.24) is 0 Å². The molecule has 0 spiro atoms. The van der Waals surface area contributed by atoms with E-state index in [-0.39, 0.29) is 8.41 Å². The Morgan fingerprint density at radius 2 is 1.50 bits per heavy atom. The van der Waals surface area contributed by atoms with Gasteiger partial charge < -0.3 is 0 Å². The van der Waals surface area contributed by atoms with Gasteiger partial charge in [0.25, 0.3) is 0 Å². The number of hydrogen-bond acceptors (Lipinski definition) is 0. The molecule has 0 aliphatic heterocycles. The van der Waals surface area contributed by atoms with Gasteiger partial charge in [0.1, 0.15) is 0 Å². The van der Waals surface area contributed by atoms with E-state index in [2.05, 4.69) is 20.3 Å². The Balaban J connectivity index is 0. The lowest BCUT2D eigenvalue weighted by Gasteiger charge is -1.92. The van der Waals surface area contributed by atoms with Crippen LogP contribution in [0.15, 0.2) is 0 Å². The lowest BCUT2D eigenvalue weighted by molar-refractivity contribution is 1.50. The molecule has 0 saturated heterocycles. The standard InChI is InChI=1S/C4H11P.BH3/c1-4-5(2)3;/h4H2,1-3H3;1H3. The van der Waals surface area contributed by atoms with Crippen molar-refractivity contribution < 1.29 is 0 Å². The Kier molecular flexibility index (Phi) is 8.89. The molecule has 0 aliphatic rings. The molecule has 0 bridgehead atoms. The summed E-state index contributed by atoms with van der Waals surface area (Å²) >= 11 is 0. The molecular weight excluding hydrogens is 89.8 g/mol. The summed E-state index contributed by atoms with van der Waals surface area (Å²) in [5, 5.41) is 0. The van der Waals surface area contributed by atoms with Crippen molar-refractivity contribution in [2.24, 2.45) is 0 Å². The van der Waals surface area contributed by atoms with Gasteiger partial charge in [0.05, 0.1) is 8.41 Å². The number of hydrogen-bond donors (Lipinski definition) is 0. The number of rotatable bonds is 1. The summed E-state index contributed by atoms with van der Waals surface area (Å²) in [6, 6.07) is 0. The van der Waals surface area contributed by atoms with E-state index < -0.39 is 0 Å². The maximum Gasteiger partial charge on any atom is 0.0814 e. The molecule has 0 aromatic carbocycles. The van der Waals surface area contributed by atoms with Gasteiger partial charge in [-0.2, -0.15) is 0 Å². The van der Waals surface area contributed by atoms with E-state index in [4.69, 9.17) is 0 Å². The lowest BCUT2D eigenvalue weighted by atomic mass is 10.8. The summed E-state index contributed by atoms with van der Waals surface area (Å²) in [6.07, 6.45) is 1.37. The molecular formula is C4H14BP. The molecule has 0 rings (SSSR count). The second-order valence-corrected chi connectivity index (χ2v) is 4.19. The Morgan fingerprint density at radius 3 is 1.50 bits per heavy atom. The van der Waals surface area contributed by atoms with Crippen molar-refractivity contribution in [3.8, 4) is 0 Å². The summed E-state index contributed by atoms with van der Waals surface area (Å²) in [5.41, 5.74) is 0. The molecule has 0 aromatic rings. The molecule has 0 unspecified atom stereocenters. The molecule has 0 N–H and O–H groups in total. The second kappa shape index (κ2) is 5.49. The van der Waals surface area contributed by atoms with Crippen LogP contribution in [0.3, 0.4) is 0 Å². The molecule has 0 heterocycles. The van der Waals surface area contributed by atoms with Gasteiger partial charge in [0, 0.05) is 0 Å². The molecule has 0 fully saturated rings. The van der Waals surface area contributed by atoms with E-state index in [0.717, 1.165) is 0 Å². The zero-order valence-corrected chi connectivity index (χ0v) is 5.05. The van der Waals surface area contributed by atoms with Crippen LogP contribution in [0.2, 0.25) is 0 Å². The predicted molar refractivity (Wildman–Crippen MR) is 39.2 cm³/mol. The maximum atomic E-state index is 2.29. The van der Waals surface area contributed by atoms with E-state index in [9.17, 15) is 0 Å². The molecule has 2 heteroatoms. The van der Waals surface area contributed by atoms with Crippen molar-refractivity contribution in [1.29, 1.82) is 0 Å².